The highest BCUT2D eigenvalue weighted by Crippen LogP contribution is 2.48. The fraction of sp³-hybridized carbons (Fsp3) is 0.600. The molecule has 146 valence electrons. The van der Waals surface area contributed by atoms with Gasteiger partial charge in [0.1, 0.15) is 0 Å². The average molecular weight is 386 g/mol. The molecule has 0 radical (unpaired) electrons. The van der Waals surface area contributed by atoms with Crippen LogP contribution < -0.4 is 10.1 Å². The first kappa shape index (κ1) is 20.3. The Labute approximate surface area is 144 Å². The first-order chi connectivity index (χ1) is 11.9. The second-order valence-electron chi connectivity index (χ2n) is 6.23. The van der Waals surface area contributed by atoms with Crippen molar-refractivity contribution in [3.63, 3.8) is 0 Å². The third-order valence-corrected chi connectivity index (χ3v) is 3.88. The lowest BCUT2D eigenvalue weighted by atomic mass is 9.68. The lowest BCUT2D eigenvalue weighted by Gasteiger charge is -2.43. The van der Waals surface area contributed by atoms with Crippen LogP contribution in [0.5, 0.6) is 5.88 Å². The Morgan fingerprint density at radius 1 is 1.31 bits per heavy atom. The van der Waals surface area contributed by atoms with Gasteiger partial charge in [-0.1, -0.05) is 0 Å². The Bertz CT molecular complexity index is 641. The summed E-state index contributed by atoms with van der Waals surface area (Å²) in [6.45, 7) is -1.61. The first-order valence-electron chi connectivity index (χ1n) is 7.57. The van der Waals surface area contributed by atoms with Crippen LogP contribution in [0.15, 0.2) is 18.3 Å². The van der Waals surface area contributed by atoms with Gasteiger partial charge < -0.3 is 15.2 Å². The zero-order chi connectivity index (χ0) is 19.6. The Hall–Kier alpha value is -2.04. The lowest BCUT2D eigenvalue weighted by molar-refractivity contribution is -0.239. The molecule has 0 atom stereocenters. The van der Waals surface area contributed by atoms with Crippen molar-refractivity contribution in [1.82, 2.24) is 10.3 Å². The Morgan fingerprint density at radius 2 is 1.96 bits per heavy atom. The van der Waals surface area contributed by atoms with Crippen LogP contribution in [0.3, 0.4) is 0 Å². The van der Waals surface area contributed by atoms with Crippen molar-refractivity contribution in [1.29, 1.82) is 0 Å². The van der Waals surface area contributed by atoms with Gasteiger partial charge in [0.2, 0.25) is 11.8 Å². The van der Waals surface area contributed by atoms with E-state index in [0.29, 0.717) is 5.56 Å². The summed E-state index contributed by atoms with van der Waals surface area (Å²) in [6, 6.07) is 2.63. The molecule has 0 aliphatic heterocycles. The van der Waals surface area contributed by atoms with Gasteiger partial charge >= 0.3 is 12.4 Å². The molecule has 0 unspecified atom stereocenters. The summed E-state index contributed by atoms with van der Waals surface area (Å²) in [5.74, 6) is -2.56. The molecule has 1 heterocycles. The summed E-state index contributed by atoms with van der Waals surface area (Å²) in [6.07, 6.45) is -9.27. The zero-order valence-corrected chi connectivity index (χ0v) is 13.3. The number of nitrogens with zero attached hydrogens (tertiary/aromatic N) is 1. The fourth-order valence-corrected chi connectivity index (χ4v) is 2.59. The third kappa shape index (κ3) is 6.04. The van der Waals surface area contributed by atoms with Crippen molar-refractivity contribution in [3.05, 3.63) is 23.9 Å². The molecule has 26 heavy (non-hydrogen) atoms. The number of hydrogen-bond donors (Lipinski definition) is 2. The van der Waals surface area contributed by atoms with E-state index in [4.69, 9.17) is 0 Å². The van der Waals surface area contributed by atoms with E-state index in [9.17, 15) is 36.2 Å². The van der Waals surface area contributed by atoms with Crippen molar-refractivity contribution >= 4 is 5.91 Å². The molecule has 1 amide bonds. The summed E-state index contributed by atoms with van der Waals surface area (Å²) in [7, 11) is 0. The van der Waals surface area contributed by atoms with Gasteiger partial charge in [-0.15, -0.1) is 0 Å². The Balaban J connectivity index is 1.79. The molecule has 1 fully saturated rings. The minimum absolute atomic E-state index is 0.0947. The van der Waals surface area contributed by atoms with Crippen LogP contribution in [0.1, 0.15) is 24.8 Å². The average Bonchev–Trinajstić information content (AvgIpc) is 2.47. The van der Waals surface area contributed by atoms with Crippen LogP contribution in [0, 0.1) is 5.92 Å². The molecule has 0 saturated heterocycles. The summed E-state index contributed by atoms with van der Waals surface area (Å²) >= 11 is 0. The van der Waals surface area contributed by atoms with Crippen molar-refractivity contribution in [2.75, 3.05) is 6.61 Å². The van der Waals surface area contributed by atoms with Gasteiger partial charge in [-0.25, -0.2) is 4.98 Å². The van der Waals surface area contributed by atoms with Gasteiger partial charge in [-0.2, -0.15) is 26.3 Å². The maximum Gasteiger partial charge on any atom is 0.422 e. The van der Waals surface area contributed by atoms with Gasteiger partial charge in [0, 0.05) is 18.8 Å². The number of ether oxygens (including phenoxy) is 1. The number of amides is 1. The molecule has 0 bridgehead atoms. The van der Waals surface area contributed by atoms with Crippen LogP contribution in [-0.4, -0.2) is 40.6 Å². The topological polar surface area (TPSA) is 71.5 Å². The van der Waals surface area contributed by atoms with Crippen molar-refractivity contribution in [3.8, 4) is 5.88 Å². The third-order valence-electron chi connectivity index (χ3n) is 3.88. The lowest BCUT2D eigenvalue weighted by Crippen LogP contribution is -2.51. The second kappa shape index (κ2) is 7.29. The molecular weight excluding hydrogens is 370 g/mol. The number of halogens is 6. The number of aromatic nitrogens is 1. The van der Waals surface area contributed by atoms with E-state index in [1.165, 1.54) is 18.3 Å². The van der Waals surface area contributed by atoms with Gasteiger partial charge in [0.05, 0.1) is 17.9 Å². The number of carbonyl (C=O) groups excluding carboxylic acids is 1. The highest BCUT2D eigenvalue weighted by Gasteiger charge is 2.55. The van der Waals surface area contributed by atoms with Crippen molar-refractivity contribution in [2.24, 2.45) is 5.92 Å². The summed E-state index contributed by atoms with van der Waals surface area (Å²) < 4.78 is 78.0. The Kier molecular flexibility index (Phi) is 5.69. The molecule has 1 saturated carbocycles. The van der Waals surface area contributed by atoms with Crippen LogP contribution in [-0.2, 0) is 11.3 Å². The van der Waals surface area contributed by atoms with E-state index in [0.717, 1.165) is 0 Å². The number of alkyl halides is 6. The van der Waals surface area contributed by atoms with Crippen LogP contribution in [0.2, 0.25) is 0 Å². The number of pyridine rings is 1. The van der Waals surface area contributed by atoms with Gasteiger partial charge in [-0.05, 0) is 24.5 Å². The monoisotopic (exact) mass is 386 g/mol. The minimum atomic E-state index is -4.52. The number of nitrogens with one attached hydrogen (secondary N) is 1. The predicted octanol–water partition coefficient (Wildman–Crippen LogP) is 2.73. The summed E-state index contributed by atoms with van der Waals surface area (Å²) in [5.41, 5.74) is -1.30. The second-order valence-corrected chi connectivity index (χ2v) is 6.23. The summed E-state index contributed by atoms with van der Waals surface area (Å²) in [5, 5.41) is 12.3. The molecule has 2 rings (SSSR count). The first-order valence-corrected chi connectivity index (χ1v) is 7.57. The predicted molar refractivity (Wildman–Crippen MR) is 76.0 cm³/mol. The highest BCUT2D eigenvalue weighted by molar-refractivity contribution is 5.77. The van der Waals surface area contributed by atoms with Gasteiger partial charge in [0.15, 0.2) is 6.61 Å². The molecule has 2 N–H and O–H groups in total. The molecule has 0 aromatic carbocycles. The Morgan fingerprint density at radius 3 is 2.54 bits per heavy atom. The number of hydrogen-bond acceptors (Lipinski definition) is 4. The molecule has 11 heteroatoms. The molecule has 5 nitrogen and oxygen atoms in total. The van der Waals surface area contributed by atoms with Gasteiger partial charge in [-0.3, -0.25) is 4.79 Å². The summed E-state index contributed by atoms with van der Waals surface area (Å²) in [4.78, 5) is 15.4. The quantitative estimate of drug-likeness (QED) is 0.738. The number of aliphatic hydroxyl groups is 1. The standard InChI is InChI=1S/C15H16F6N2O3/c16-14(17,18)8-26-12-3-9(1-2-22-12)7-23-11(24)6-13(25)4-10(5-13)15(19,20)21/h1-3,10,25H,4-8H2,(H,23,24). The molecule has 1 aromatic rings. The minimum Gasteiger partial charge on any atom is -0.468 e. The molecule has 1 aromatic heterocycles. The van der Waals surface area contributed by atoms with E-state index in [2.05, 4.69) is 15.0 Å². The van der Waals surface area contributed by atoms with E-state index >= 15 is 0 Å². The van der Waals surface area contributed by atoms with Crippen molar-refractivity contribution in [2.45, 2.75) is 43.8 Å². The normalized spacial score (nSPS) is 23.3. The zero-order valence-electron chi connectivity index (χ0n) is 13.3. The van der Waals surface area contributed by atoms with E-state index in [-0.39, 0.29) is 12.4 Å². The molecule has 1 aliphatic rings. The van der Waals surface area contributed by atoms with Crippen LogP contribution >= 0.6 is 0 Å². The molecular formula is C15H16F6N2O3. The SMILES string of the molecule is O=C(CC1(O)CC(C(F)(F)F)C1)NCc1ccnc(OCC(F)(F)F)c1. The van der Waals surface area contributed by atoms with Crippen LogP contribution in [0.25, 0.3) is 0 Å². The smallest absolute Gasteiger partial charge is 0.422 e. The van der Waals surface area contributed by atoms with E-state index < -0.39 is 55.6 Å². The van der Waals surface area contributed by atoms with Gasteiger partial charge in [0.25, 0.3) is 0 Å². The molecule has 1 aliphatic carbocycles. The number of rotatable bonds is 6. The van der Waals surface area contributed by atoms with Crippen molar-refractivity contribution < 1.29 is 41.0 Å². The molecule has 0 spiro atoms. The van der Waals surface area contributed by atoms with E-state index in [1.807, 2.05) is 0 Å². The number of carbonyl (C=O) groups is 1. The highest BCUT2D eigenvalue weighted by atomic mass is 19.4. The fourth-order valence-electron chi connectivity index (χ4n) is 2.59. The maximum absolute atomic E-state index is 12.4. The largest absolute Gasteiger partial charge is 0.468 e. The van der Waals surface area contributed by atoms with Crippen LogP contribution in [0.4, 0.5) is 26.3 Å². The maximum atomic E-state index is 12.4. The van der Waals surface area contributed by atoms with E-state index in [1.54, 1.807) is 0 Å².